The molecule has 2 bridgehead atoms. The van der Waals surface area contributed by atoms with Gasteiger partial charge in [-0.05, 0) is 44.4 Å². The fourth-order valence-corrected chi connectivity index (χ4v) is 4.99. The fourth-order valence-electron chi connectivity index (χ4n) is 4.20. The number of rotatable bonds is 5. The summed E-state index contributed by atoms with van der Waals surface area (Å²) >= 11 is 1.65. The lowest BCUT2D eigenvalue weighted by Crippen LogP contribution is -2.41. The van der Waals surface area contributed by atoms with Gasteiger partial charge in [-0.1, -0.05) is 12.2 Å². The van der Waals surface area contributed by atoms with Crippen LogP contribution in [0.1, 0.15) is 36.4 Å². The molecule has 1 saturated carbocycles. The number of nitrogens with zero attached hydrogens (tertiary/aromatic N) is 2. The van der Waals surface area contributed by atoms with Crippen LogP contribution in [0, 0.1) is 24.7 Å². The second-order valence-electron chi connectivity index (χ2n) is 7.12. The average Bonchev–Trinajstić information content (AvgIpc) is 3.31. The molecule has 0 spiro atoms. The summed E-state index contributed by atoms with van der Waals surface area (Å²) in [5, 5.41) is 3.09. The van der Waals surface area contributed by atoms with E-state index < -0.39 is 0 Å². The van der Waals surface area contributed by atoms with E-state index in [-0.39, 0.29) is 12.0 Å². The number of carbonyl (C=O) groups excluding carboxylic acids is 1. The zero-order valence-corrected chi connectivity index (χ0v) is 14.4. The lowest BCUT2D eigenvalue weighted by Gasteiger charge is -2.29. The number of allylic oxidation sites excluding steroid dienone is 2. The average molecular weight is 332 g/mol. The first-order valence-electron chi connectivity index (χ1n) is 8.69. The lowest BCUT2D eigenvalue weighted by atomic mass is 9.92. The molecule has 0 aromatic carbocycles. The molecule has 2 fully saturated rings. The van der Waals surface area contributed by atoms with E-state index in [1.54, 1.807) is 11.3 Å². The van der Waals surface area contributed by atoms with Crippen molar-refractivity contribution < 1.29 is 9.53 Å². The van der Waals surface area contributed by atoms with Gasteiger partial charge in [0.25, 0.3) is 0 Å². The number of hydrogen-bond acceptors (Lipinski definition) is 4. The van der Waals surface area contributed by atoms with Crippen LogP contribution in [0.4, 0.5) is 0 Å². The zero-order valence-electron chi connectivity index (χ0n) is 13.6. The highest BCUT2D eigenvalue weighted by molar-refractivity contribution is 7.09. The summed E-state index contributed by atoms with van der Waals surface area (Å²) < 4.78 is 5.78. The van der Waals surface area contributed by atoms with Crippen LogP contribution >= 0.6 is 11.3 Å². The molecule has 1 aliphatic heterocycles. The highest BCUT2D eigenvalue weighted by atomic mass is 32.1. The van der Waals surface area contributed by atoms with Gasteiger partial charge in [0.05, 0.1) is 12.6 Å². The summed E-state index contributed by atoms with van der Waals surface area (Å²) in [5.41, 5.74) is 1.04. The van der Waals surface area contributed by atoms with Gasteiger partial charge in [0.15, 0.2) is 0 Å². The van der Waals surface area contributed by atoms with Gasteiger partial charge in [0.2, 0.25) is 5.91 Å². The Labute approximate surface area is 141 Å². The molecule has 1 aromatic rings. The van der Waals surface area contributed by atoms with Gasteiger partial charge in [-0.15, -0.1) is 11.3 Å². The number of amides is 1. The van der Waals surface area contributed by atoms with Crippen molar-refractivity contribution in [3.63, 3.8) is 0 Å². The highest BCUT2D eigenvalue weighted by Gasteiger charge is 2.42. The fraction of sp³-hybridized carbons (Fsp3) is 0.667. The van der Waals surface area contributed by atoms with Crippen LogP contribution in [-0.4, -0.2) is 35.0 Å². The minimum Gasteiger partial charge on any atom is -0.376 e. The molecular weight excluding hydrogens is 308 g/mol. The van der Waals surface area contributed by atoms with Crippen molar-refractivity contribution >= 4 is 17.2 Å². The van der Waals surface area contributed by atoms with Gasteiger partial charge in [0.1, 0.15) is 5.01 Å². The van der Waals surface area contributed by atoms with Crippen LogP contribution in [0.5, 0.6) is 0 Å². The maximum Gasteiger partial charge on any atom is 0.226 e. The number of fused-ring (bicyclic) bond motifs is 2. The van der Waals surface area contributed by atoms with Crippen molar-refractivity contribution in [2.24, 2.45) is 17.8 Å². The smallest absolute Gasteiger partial charge is 0.226 e. The third-order valence-electron chi connectivity index (χ3n) is 5.35. The van der Waals surface area contributed by atoms with Crippen LogP contribution < -0.4 is 0 Å². The van der Waals surface area contributed by atoms with E-state index in [1.165, 1.54) is 6.42 Å². The van der Waals surface area contributed by atoms with E-state index in [0.717, 1.165) is 43.1 Å². The second-order valence-corrected chi connectivity index (χ2v) is 8.07. The van der Waals surface area contributed by atoms with Crippen molar-refractivity contribution in [1.82, 2.24) is 9.88 Å². The van der Waals surface area contributed by atoms with E-state index in [9.17, 15) is 4.79 Å². The molecule has 4 rings (SSSR count). The molecule has 2 heterocycles. The Morgan fingerprint density at radius 3 is 2.96 bits per heavy atom. The van der Waals surface area contributed by atoms with Crippen LogP contribution in [-0.2, 0) is 16.1 Å². The van der Waals surface area contributed by atoms with E-state index in [0.29, 0.717) is 24.3 Å². The monoisotopic (exact) mass is 332 g/mol. The largest absolute Gasteiger partial charge is 0.376 e. The topological polar surface area (TPSA) is 42.4 Å². The summed E-state index contributed by atoms with van der Waals surface area (Å²) in [5.74, 6) is 1.57. The molecule has 0 N–H and O–H groups in total. The summed E-state index contributed by atoms with van der Waals surface area (Å²) in [6.07, 6.45) is 9.13. The number of carbonyl (C=O) groups is 1. The lowest BCUT2D eigenvalue weighted by molar-refractivity contribution is -0.138. The molecular formula is C18H24N2O2S. The van der Waals surface area contributed by atoms with Crippen molar-refractivity contribution in [2.75, 3.05) is 13.2 Å². The van der Waals surface area contributed by atoms with E-state index in [4.69, 9.17) is 4.74 Å². The third kappa shape index (κ3) is 3.22. The van der Waals surface area contributed by atoms with Gasteiger partial charge < -0.3 is 9.64 Å². The molecule has 0 radical (unpaired) electrons. The van der Waals surface area contributed by atoms with Gasteiger partial charge in [-0.2, -0.15) is 0 Å². The first-order chi connectivity index (χ1) is 11.2. The van der Waals surface area contributed by atoms with Crippen LogP contribution in [0.25, 0.3) is 0 Å². The molecule has 23 heavy (non-hydrogen) atoms. The first kappa shape index (κ1) is 15.3. The summed E-state index contributed by atoms with van der Waals surface area (Å²) in [7, 11) is 0. The SMILES string of the molecule is Cc1csc(CN(C[C@@H]2CCCO2)C(=O)[C@H]2C[C@H]3C=C[C@H]2C3)n1. The van der Waals surface area contributed by atoms with Crippen molar-refractivity contribution in [2.45, 2.75) is 45.3 Å². The quantitative estimate of drug-likeness (QED) is 0.778. The molecule has 124 valence electrons. The molecule has 4 atom stereocenters. The molecule has 3 aliphatic rings. The van der Waals surface area contributed by atoms with Crippen LogP contribution in [0.15, 0.2) is 17.5 Å². The van der Waals surface area contributed by atoms with E-state index in [2.05, 4.69) is 22.5 Å². The predicted octanol–water partition coefficient (Wildman–Crippen LogP) is 3.17. The highest BCUT2D eigenvalue weighted by Crippen LogP contribution is 2.44. The van der Waals surface area contributed by atoms with Gasteiger partial charge in [0, 0.05) is 30.1 Å². The molecule has 1 saturated heterocycles. The Balaban J connectivity index is 1.48. The third-order valence-corrected chi connectivity index (χ3v) is 6.30. The van der Waals surface area contributed by atoms with Crippen LogP contribution in [0.3, 0.4) is 0 Å². The Kier molecular flexibility index (Phi) is 4.24. The van der Waals surface area contributed by atoms with Gasteiger partial charge >= 0.3 is 0 Å². The molecule has 2 aliphatic carbocycles. The number of hydrogen-bond donors (Lipinski definition) is 0. The Hall–Kier alpha value is -1.20. The normalized spacial score (nSPS) is 31.9. The second kappa shape index (κ2) is 6.36. The summed E-state index contributed by atoms with van der Waals surface area (Å²) in [6.45, 7) is 4.19. The van der Waals surface area contributed by atoms with Crippen LogP contribution in [0.2, 0.25) is 0 Å². The minimum atomic E-state index is 0.174. The number of aromatic nitrogens is 1. The first-order valence-corrected chi connectivity index (χ1v) is 9.56. The van der Waals surface area contributed by atoms with Crippen molar-refractivity contribution in [1.29, 1.82) is 0 Å². The van der Waals surface area contributed by atoms with Crippen molar-refractivity contribution in [3.8, 4) is 0 Å². The van der Waals surface area contributed by atoms with Gasteiger partial charge in [-0.25, -0.2) is 4.98 Å². The molecule has 5 heteroatoms. The Bertz CT molecular complexity index is 606. The Morgan fingerprint density at radius 1 is 1.43 bits per heavy atom. The predicted molar refractivity (Wildman–Crippen MR) is 90.1 cm³/mol. The molecule has 1 aromatic heterocycles. The molecule has 0 unspecified atom stereocenters. The summed E-state index contributed by atoms with van der Waals surface area (Å²) in [6, 6.07) is 0. The maximum atomic E-state index is 13.1. The molecule has 1 amide bonds. The number of aryl methyl sites for hydroxylation is 1. The van der Waals surface area contributed by atoms with E-state index in [1.807, 2.05) is 11.8 Å². The molecule has 4 nitrogen and oxygen atoms in total. The summed E-state index contributed by atoms with van der Waals surface area (Å²) in [4.78, 5) is 19.7. The maximum absolute atomic E-state index is 13.1. The minimum absolute atomic E-state index is 0.174. The zero-order chi connectivity index (χ0) is 15.8. The number of thiazole rings is 1. The van der Waals surface area contributed by atoms with Crippen molar-refractivity contribution in [3.05, 3.63) is 28.2 Å². The van der Waals surface area contributed by atoms with Gasteiger partial charge in [-0.3, -0.25) is 4.79 Å². The number of ether oxygens (including phenoxy) is 1. The van der Waals surface area contributed by atoms with E-state index >= 15 is 0 Å². The standard InChI is InChI=1S/C18H24N2O2S/c1-12-11-23-17(19-12)10-20(9-15-3-2-6-22-15)18(21)16-8-13-4-5-14(16)7-13/h4-5,11,13-16H,2-3,6-10H2,1H3/t13-,14-,15-,16-/m0/s1. The Morgan fingerprint density at radius 2 is 2.35 bits per heavy atom.